The molecule has 0 N–H and O–H groups in total. The number of amides is 1. The molecule has 1 saturated heterocycles. The number of rotatable bonds is 5. The summed E-state index contributed by atoms with van der Waals surface area (Å²) in [5.41, 5.74) is 4.70. The van der Waals surface area contributed by atoms with Crippen LogP contribution in [0.15, 0.2) is 57.6 Å². The van der Waals surface area contributed by atoms with Crippen LogP contribution in [-0.2, 0) is 4.79 Å². The summed E-state index contributed by atoms with van der Waals surface area (Å²) in [7, 11) is 0. The van der Waals surface area contributed by atoms with Crippen molar-refractivity contribution in [3.63, 3.8) is 0 Å². The average molecular weight is 482 g/mol. The van der Waals surface area contributed by atoms with E-state index in [4.69, 9.17) is 9.15 Å². The minimum absolute atomic E-state index is 0.0846. The van der Waals surface area contributed by atoms with Crippen LogP contribution in [0.3, 0.4) is 0 Å². The highest BCUT2D eigenvalue weighted by atomic mass is 79.9. The number of hydrogen-bond acceptors (Lipinski definition) is 3. The molecule has 2 aromatic carbocycles. The van der Waals surface area contributed by atoms with E-state index in [0.717, 1.165) is 69.4 Å². The highest BCUT2D eigenvalue weighted by Crippen LogP contribution is 2.38. The van der Waals surface area contributed by atoms with Crippen LogP contribution >= 0.6 is 15.9 Å². The van der Waals surface area contributed by atoms with E-state index in [0.29, 0.717) is 6.61 Å². The van der Waals surface area contributed by atoms with Gasteiger partial charge in [0, 0.05) is 46.2 Å². The molecule has 0 spiro atoms. The fraction of sp³-hybridized carbons (Fsp3) is 0.346. The van der Waals surface area contributed by atoms with Gasteiger partial charge in [-0.1, -0.05) is 40.9 Å². The molecule has 0 saturated carbocycles. The van der Waals surface area contributed by atoms with Gasteiger partial charge >= 0.3 is 0 Å². The zero-order valence-electron chi connectivity index (χ0n) is 18.1. The van der Waals surface area contributed by atoms with Gasteiger partial charge in [-0.15, -0.1) is 0 Å². The smallest absolute Gasteiger partial charge is 0.246 e. The first-order valence-electron chi connectivity index (χ1n) is 11.0. The average Bonchev–Trinajstić information content (AvgIpc) is 2.97. The number of carbonyl (C=O) groups excluding carboxylic acids is 1. The quantitative estimate of drug-likeness (QED) is 0.366. The van der Waals surface area contributed by atoms with Gasteiger partial charge in [0.1, 0.15) is 11.3 Å². The third-order valence-corrected chi connectivity index (χ3v) is 6.29. The van der Waals surface area contributed by atoms with Gasteiger partial charge in [-0.3, -0.25) is 4.79 Å². The van der Waals surface area contributed by atoms with Crippen molar-refractivity contribution in [2.24, 2.45) is 0 Å². The number of allylic oxidation sites excluding steroid dienone is 1. The molecule has 1 aromatic heterocycles. The van der Waals surface area contributed by atoms with Crippen molar-refractivity contribution in [2.45, 2.75) is 39.5 Å². The molecule has 3 aromatic rings. The lowest BCUT2D eigenvalue weighted by molar-refractivity contribution is -0.125. The first-order chi connectivity index (χ1) is 15.1. The molecule has 0 radical (unpaired) electrons. The molecule has 1 aliphatic rings. The van der Waals surface area contributed by atoms with Crippen LogP contribution < -0.4 is 4.74 Å². The van der Waals surface area contributed by atoms with Crippen LogP contribution in [0, 0.1) is 0 Å². The number of ether oxygens (including phenoxy) is 1. The predicted molar refractivity (Wildman–Crippen MR) is 129 cm³/mol. The Morgan fingerprint density at radius 3 is 2.65 bits per heavy atom. The summed E-state index contributed by atoms with van der Waals surface area (Å²) in [6.07, 6.45) is 8.12. The molecule has 4 rings (SSSR count). The monoisotopic (exact) mass is 481 g/mol. The fourth-order valence-electron chi connectivity index (χ4n) is 4.16. The Balaban J connectivity index is 1.75. The Morgan fingerprint density at radius 1 is 1.16 bits per heavy atom. The molecular formula is C26H28BrNO3. The van der Waals surface area contributed by atoms with Gasteiger partial charge in [0.25, 0.3) is 0 Å². The molecule has 162 valence electrons. The Bertz CT molecular complexity index is 1110. The molecule has 0 atom stereocenters. The number of benzene rings is 2. The maximum Gasteiger partial charge on any atom is 0.246 e. The number of halogens is 1. The standard InChI is InChI=1S/C26H28BrNO3/c1-3-30-24-16-25-22(23(17-31-25)19-9-8-10-20(27)14-19)15-21(24)18(2)13-26(29)28-11-6-4-5-7-12-28/h8-10,13-17H,3-7,11-12H2,1-2H3/b18-13+. The van der Waals surface area contributed by atoms with Gasteiger partial charge < -0.3 is 14.1 Å². The van der Waals surface area contributed by atoms with Crippen LogP contribution in [0.2, 0.25) is 0 Å². The minimum atomic E-state index is 0.0846. The van der Waals surface area contributed by atoms with E-state index in [9.17, 15) is 4.79 Å². The van der Waals surface area contributed by atoms with Crippen molar-refractivity contribution in [3.8, 4) is 16.9 Å². The Hall–Kier alpha value is -2.53. The van der Waals surface area contributed by atoms with E-state index in [1.54, 1.807) is 12.3 Å². The SMILES string of the molecule is CCOc1cc2occ(-c3cccc(Br)c3)c2cc1/C(C)=C/C(=O)N1CCCCCC1. The van der Waals surface area contributed by atoms with Crippen LogP contribution in [-0.4, -0.2) is 30.5 Å². The van der Waals surface area contributed by atoms with Crippen LogP contribution in [0.25, 0.3) is 27.7 Å². The number of fused-ring (bicyclic) bond motifs is 1. The largest absolute Gasteiger partial charge is 0.493 e. The topological polar surface area (TPSA) is 42.7 Å². The number of carbonyl (C=O) groups is 1. The maximum atomic E-state index is 12.9. The summed E-state index contributed by atoms with van der Waals surface area (Å²) in [5, 5.41) is 1.01. The third-order valence-electron chi connectivity index (χ3n) is 5.79. The Kier molecular flexibility index (Phi) is 6.81. The normalized spacial score (nSPS) is 15.2. The van der Waals surface area contributed by atoms with Gasteiger partial charge in [0.05, 0.1) is 12.9 Å². The molecule has 5 heteroatoms. The van der Waals surface area contributed by atoms with E-state index in [1.807, 2.05) is 36.9 Å². The van der Waals surface area contributed by atoms with Gasteiger partial charge in [-0.05, 0) is 56.0 Å². The molecule has 1 aliphatic heterocycles. The molecule has 4 nitrogen and oxygen atoms in total. The summed E-state index contributed by atoms with van der Waals surface area (Å²) in [5.74, 6) is 0.823. The molecule has 1 amide bonds. The zero-order chi connectivity index (χ0) is 21.8. The van der Waals surface area contributed by atoms with Crippen molar-refractivity contribution in [1.82, 2.24) is 4.90 Å². The lowest BCUT2D eigenvalue weighted by Crippen LogP contribution is -2.30. The second-order valence-corrected chi connectivity index (χ2v) is 8.92. The maximum absolute atomic E-state index is 12.9. The Morgan fingerprint density at radius 2 is 1.94 bits per heavy atom. The van der Waals surface area contributed by atoms with E-state index in [2.05, 4.69) is 34.1 Å². The van der Waals surface area contributed by atoms with Crippen LogP contribution in [0.5, 0.6) is 5.75 Å². The van der Waals surface area contributed by atoms with E-state index in [1.165, 1.54) is 12.8 Å². The van der Waals surface area contributed by atoms with Crippen LogP contribution in [0.4, 0.5) is 0 Å². The van der Waals surface area contributed by atoms with Crippen molar-refractivity contribution in [3.05, 3.63) is 58.8 Å². The lowest BCUT2D eigenvalue weighted by atomic mass is 9.99. The van der Waals surface area contributed by atoms with E-state index in [-0.39, 0.29) is 5.91 Å². The summed E-state index contributed by atoms with van der Waals surface area (Å²) >= 11 is 3.55. The molecule has 0 aliphatic carbocycles. The van der Waals surface area contributed by atoms with Crippen molar-refractivity contribution < 1.29 is 13.9 Å². The number of nitrogens with zero attached hydrogens (tertiary/aromatic N) is 1. The number of hydrogen-bond donors (Lipinski definition) is 0. The predicted octanol–water partition coefficient (Wildman–Crippen LogP) is 7.07. The van der Waals surface area contributed by atoms with Crippen LogP contribution in [0.1, 0.15) is 45.1 Å². The highest BCUT2D eigenvalue weighted by molar-refractivity contribution is 9.10. The van der Waals surface area contributed by atoms with Gasteiger partial charge in [0.2, 0.25) is 5.91 Å². The number of likely N-dealkylation sites (tertiary alicyclic amines) is 1. The summed E-state index contributed by atoms with van der Waals surface area (Å²) in [4.78, 5) is 14.9. The van der Waals surface area contributed by atoms with Gasteiger partial charge in [-0.2, -0.15) is 0 Å². The highest BCUT2D eigenvalue weighted by Gasteiger charge is 2.18. The van der Waals surface area contributed by atoms with Crippen molar-refractivity contribution in [1.29, 1.82) is 0 Å². The molecule has 2 heterocycles. The molecule has 31 heavy (non-hydrogen) atoms. The summed E-state index contributed by atoms with van der Waals surface area (Å²) in [6, 6.07) is 12.2. The Labute approximate surface area is 192 Å². The second kappa shape index (κ2) is 9.73. The molecular weight excluding hydrogens is 454 g/mol. The van der Waals surface area contributed by atoms with E-state index >= 15 is 0 Å². The third kappa shape index (κ3) is 4.87. The minimum Gasteiger partial charge on any atom is -0.493 e. The number of furan rings is 1. The fourth-order valence-corrected chi connectivity index (χ4v) is 4.56. The van der Waals surface area contributed by atoms with Gasteiger partial charge in [-0.25, -0.2) is 0 Å². The van der Waals surface area contributed by atoms with Crippen molar-refractivity contribution in [2.75, 3.05) is 19.7 Å². The van der Waals surface area contributed by atoms with E-state index < -0.39 is 0 Å². The first kappa shape index (κ1) is 21.7. The lowest BCUT2D eigenvalue weighted by Gasteiger charge is -2.19. The first-order valence-corrected chi connectivity index (χ1v) is 11.8. The second-order valence-electron chi connectivity index (χ2n) is 8.00. The molecule has 0 bridgehead atoms. The zero-order valence-corrected chi connectivity index (χ0v) is 19.7. The summed E-state index contributed by atoms with van der Waals surface area (Å²) < 4.78 is 12.8. The molecule has 1 fully saturated rings. The van der Waals surface area contributed by atoms with Crippen molar-refractivity contribution >= 4 is 38.4 Å². The van der Waals surface area contributed by atoms with Gasteiger partial charge in [0.15, 0.2) is 0 Å². The molecule has 0 unspecified atom stereocenters. The summed E-state index contributed by atoms with van der Waals surface area (Å²) in [6.45, 7) is 6.18.